The van der Waals surface area contributed by atoms with Crippen molar-refractivity contribution < 1.29 is 14.0 Å². The number of amidine groups is 1. The van der Waals surface area contributed by atoms with Gasteiger partial charge in [0.1, 0.15) is 11.1 Å². The third-order valence-electron chi connectivity index (χ3n) is 2.83. The van der Waals surface area contributed by atoms with Gasteiger partial charge in [0.15, 0.2) is 5.17 Å². The molecule has 2 rings (SSSR count). The van der Waals surface area contributed by atoms with Gasteiger partial charge in [-0.15, -0.1) is 0 Å². The molecule has 1 saturated heterocycles. The van der Waals surface area contributed by atoms with E-state index in [0.29, 0.717) is 10.9 Å². The molecule has 1 N–H and O–H groups in total. The highest BCUT2D eigenvalue weighted by Crippen LogP contribution is 2.28. The topological polar surface area (TPSA) is 61.8 Å². The Hall–Kier alpha value is -1.89. The SMILES string of the molecule is CN=C1S[C@H](CC(=O)Nc2ccc(F)cc2)C(=O)N1C. The molecule has 0 unspecified atom stereocenters. The van der Waals surface area contributed by atoms with Crippen LogP contribution in [0.5, 0.6) is 0 Å². The van der Waals surface area contributed by atoms with E-state index in [1.165, 1.54) is 40.9 Å². The number of amides is 2. The van der Waals surface area contributed by atoms with Gasteiger partial charge in [-0.1, -0.05) is 11.8 Å². The minimum Gasteiger partial charge on any atom is -0.326 e. The average Bonchev–Trinajstić information content (AvgIpc) is 2.69. The second-order valence-electron chi connectivity index (χ2n) is 4.27. The van der Waals surface area contributed by atoms with Crippen LogP contribution in [0.2, 0.25) is 0 Å². The molecule has 1 aliphatic rings. The van der Waals surface area contributed by atoms with Crippen LogP contribution in [0, 0.1) is 5.82 Å². The van der Waals surface area contributed by atoms with Crippen molar-refractivity contribution in [3.05, 3.63) is 30.1 Å². The Bertz CT molecular complexity index is 559. The van der Waals surface area contributed by atoms with Gasteiger partial charge in [0.2, 0.25) is 11.8 Å². The normalized spacial score (nSPS) is 20.6. The Labute approximate surface area is 120 Å². The second kappa shape index (κ2) is 6.04. The molecule has 20 heavy (non-hydrogen) atoms. The Morgan fingerprint density at radius 1 is 1.45 bits per heavy atom. The fourth-order valence-corrected chi connectivity index (χ4v) is 2.91. The number of aliphatic imine (C=N–C) groups is 1. The fourth-order valence-electron chi connectivity index (χ4n) is 1.81. The largest absolute Gasteiger partial charge is 0.326 e. The predicted molar refractivity (Wildman–Crippen MR) is 77.2 cm³/mol. The highest BCUT2D eigenvalue weighted by atomic mass is 32.2. The first-order chi connectivity index (χ1) is 9.51. The number of nitrogens with one attached hydrogen (secondary N) is 1. The van der Waals surface area contributed by atoms with Crippen LogP contribution < -0.4 is 5.32 Å². The minimum absolute atomic E-state index is 0.0598. The van der Waals surface area contributed by atoms with Crippen LogP contribution in [-0.4, -0.2) is 41.2 Å². The van der Waals surface area contributed by atoms with Crippen LogP contribution in [0.1, 0.15) is 6.42 Å². The zero-order valence-electron chi connectivity index (χ0n) is 11.1. The van der Waals surface area contributed by atoms with Crippen molar-refractivity contribution in [3.63, 3.8) is 0 Å². The molecule has 1 heterocycles. The van der Waals surface area contributed by atoms with Crippen LogP contribution in [0.25, 0.3) is 0 Å². The first kappa shape index (κ1) is 14.5. The number of benzene rings is 1. The van der Waals surface area contributed by atoms with Crippen molar-refractivity contribution in [2.45, 2.75) is 11.7 Å². The van der Waals surface area contributed by atoms with Crippen LogP contribution in [0.3, 0.4) is 0 Å². The Balaban J connectivity index is 1.95. The monoisotopic (exact) mass is 295 g/mol. The van der Waals surface area contributed by atoms with Crippen LogP contribution in [0.15, 0.2) is 29.3 Å². The van der Waals surface area contributed by atoms with E-state index in [0.717, 1.165) is 0 Å². The number of halogens is 1. The number of hydrogen-bond donors (Lipinski definition) is 1. The lowest BCUT2D eigenvalue weighted by Gasteiger charge is -2.09. The summed E-state index contributed by atoms with van der Waals surface area (Å²) in [5, 5.41) is 2.78. The zero-order chi connectivity index (χ0) is 14.7. The molecule has 106 valence electrons. The zero-order valence-corrected chi connectivity index (χ0v) is 11.9. The number of anilines is 1. The van der Waals surface area contributed by atoms with Crippen molar-refractivity contribution in [2.75, 3.05) is 19.4 Å². The summed E-state index contributed by atoms with van der Waals surface area (Å²) in [7, 11) is 3.24. The molecule has 0 saturated carbocycles. The summed E-state index contributed by atoms with van der Waals surface area (Å²) in [5.41, 5.74) is 0.504. The van der Waals surface area contributed by atoms with Crippen molar-refractivity contribution in [1.29, 1.82) is 0 Å². The molecule has 1 fully saturated rings. The number of rotatable bonds is 3. The number of hydrogen-bond acceptors (Lipinski definition) is 4. The molecule has 1 aromatic rings. The van der Waals surface area contributed by atoms with Gasteiger partial charge >= 0.3 is 0 Å². The Morgan fingerprint density at radius 3 is 2.65 bits per heavy atom. The number of carbonyl (C=O) groups excluding carboxylic acids is 2. The van der Waals surface area contributed by atoms with Crippen molar-refractivity contribution in [3.8, 4) is 0 Å². The summed E-state index contributed by atoms with van der Waals surface area (Å²) >= 11 is 1.27. The molecule has 7 heteroatoms. The summed E-state index contributed by atoms with van der Waals surface area (Å²) < 4.78 is 12.7. The molecule has 0 aliphatic carbocycles. The van der Waals surface area contributed by atoms with Gasteiger partial charge in [0, 0.05) is 26.2 Å². The van der Waals surface area contributed by atoms with Gasteiger partial charge in [-0.05, 0) is 24.3 Å². The molecule has 1 atom stereocenters. The molecule has 0 bridgehead atoms. The molecule has 0 radical (unpaired) electrons. The molecule has 2 amide bonds. The van der Waals surface area contributed by atoms with Gasteiger partial charge in [-0.2, -0.15) is 0 Å². The maximum absolute atomic E-state index is 12.7. The van der Waals surface area contributed by atoms with E-state index in [2.05, 4.69) is 10.3 Å². The number of carbonyl (C=O) groups is 2. The van der Waals surface area contributed by atoms with E-state index in [1.807, 2.05) is 0 Å². The third kappa shape index (κ3) is 3.16. The molecule has 1 aliphatic heterocycles. The molecule has 0 aromatic heterocycles. The van der Waals surface area contributed by atoms with Gasteiger partial charge in [-0.25, -0.2) is 4.39 Å². The molecule has 1 aromatic carbocycles. The Morgan fingerprint density at radius 2 is 2.10 bits per heavy atom. The fraction of sp³-hybridized carbons (Fsp3) is 0.308. The average molecular weight is 295 g/mol. The first-order valence-electron chi connectivity index (χ1n) is 5.97. The predicted octanol–water partition coefficient (Wildman–Crippen LogP) is 1.71. The van der Waals surface area contributed by atoms with Crippen molar-refractivity contribution >= 4 is 34.4 Å². The van der Waals surface area contributed by atoms with E-state index in [4.69, 9.17) is 0 Å². The summed E-state index contributed by atoms with van der Waals surface area (Å²) in [6, 6.07) is 5.48. The third-order valence-corrected chi connectivity index (χ3v) is 4.15. The van der Waals surface area contributed by atoms with Crippen molar-refractivity contribution in [2.24, 2.45) is 4.99 Å². The number of thioether (sulfide) groups is 1. The Kier molecular flexibility index (Phi) is 4.39. The minimum atomic E-state index is -0.459. The van der Waals surface area contributed by atoms with Crippen LogP contribution in [-0.2, 0) is 9.59 Å². The van der Waals surface area contributed by atoms with Gasteiger partial charge in [0.25, 0.3) is 0 Å². The number of nitrogens with zero attached hydrogens (tertiary/aromatic N) is 2. The van der Waals surface area contributed by atoms with E-state index in [1.54, 1.807) is 14.1 Å². The maximum atomic E-state index is 12.7. The summed E-state index contributed by atoms with van der Waals surface area (Å²) in [4.78, 5) is 29.2. The van der Waals surface area contributed by atoms with Gasteiger partial charge < -0.3 is 5.32 Å². The molecular formula is C13H14FN3O2S. The highest BCUT2D eigenvalue weighted by molar-refractivity contribution is 8.15. The second-order valence-corrected chi connectivity index (χ2v) is 5.44. The van der Waals surface area contributed by atoms with E-state index < -0.39 is 5.25 Å². The smallest absolute Gasteiger partial charge is 0.242 e. The molecular weight excluding hydrogens is 281 g/mol. The highest BCUT2D eigenvalue weighted by Gasteiger charge is 2.36. The quantitative estimate of drug-likeness (QED) is 0.923. The lowest BCUT2D eigenvalue weighted by Crippen LogP contribution is -2.30. The first-order valence-corrected chi connectivity index (χ1v) is 6.85. The van der Waals surface area contributed by atoms with Crippen molar-refractivity contribution in [1.82, 2.24) is 4.90 Å². The van der Waals surface area contributed by atoms with E-state index in [-0.39, 0.29) is 24.1 Å². The lowest BCUT2D eigenvalue weighted by molar-refractivity contribution is -0.127. The van der Waals surface area contributed by atoms with E-state index in [9.17, 15) is 14.0 Å². The summed E-state index contributed by atoms with van der Waals surface area (Å²) in [6.45, 7) is 0. The van der Waals surface area contributed by atoms with E-state index >= 15 is 0 Å². The van der Waals surface area contributed by atoms with Gasteiger partial charge in [-0.3, -0.25) is 19.5 Å². The maximum Gasteiger partial charge on any atom is 0.242 e. The molecule has 5 nitrogen and oxygen atoms in total. The van der Waals surface area contributed by atoms with Gasteiger partial charge in [0.05, 0.1) is 0 Å². The summed E-state index contributed by atoms with van der Waals surface area (Å²) in [6.07, 6.45) is 0.0598. The van der Waals surface area contributed by atoms with Crippen LogP contribution >= 0.6 is 11.8 Å². The van der Waals surface area contributed by atoms with Crippen LogP contribution in [0.4, 0.5) is 10.1 Å². The summed E-state index contributed by atoms with van der Waals surface area (Å²) in [5.74, 6) is -0.784. The lowest BCUT2D eigenvalue weighted by atomic mass is 10.2. The standard InChI is InChI=1S/C13H14FN3O2S/c1-15-13-17(2)12(19)10(20-13)7-11(18)16-9-5-3-8(14)4-6-9/h3-6,10H,7H2,1-2H3,(H,16,18)/t10-/m1/s1. The molecule has 0 spiro atoms.